The first-order valence-corrected chi connectivity index (χ1v) is 6.53. The van der Waals surface area contributed by atoms with Crippen LogP contribution in [0.1, 0.15) is 12.0 Å². The Kier molecular flexibility index (Phi) is 5.24. The maximum atomic E-state index is 6.15. The Balaban J connectivity index is 1.85. The maximum absolute atomic E-state index is 6.15. The summed E-state index contributed by atoms with van der Waals surface area (Å²) in [6.07, 6.45) is 7.61. The van der Waals surface area contributed by atoms with Gasteiger partial charge in [0, 0.05) is 26.0 Å². The fourth-order valence-electron chi connectivity index (χ4n) is 1.82. The van der Waals surface area contributed by atoms with Crippen molar-refractivity contribution < 1.29 is 9.47 Å². The number of benzene rings is 1. The Bertz CT molecular complexity index is 500. The molecule has 0 saturated heterocycles. The lowest BCUT2D eigenvalue weighted by molar-refractivity contribution is 0.0512. The number of hydrogen-bond donors (Lipinski definition) is 0. The summed E-state index contributed by atoms with van der Waals surface area (Å²) in [6, 6.07) is 5.86. The zero-order valence-electron chi connectivity index (χ0n) is 10.9. The lowest BCUT2D eigenvalue weighted by Crippen LogP contribution is -2.00. The molecule has 0 unspecified atom stereocenters. The predicted molar refractivity (Wildman–Crippen MR) is 74.5 cm³/mol. The fourth-order valence-corrected chi connectivity index (χ4v) is 2.08. The molecule has 2 rings (SSSR count). The first-order valence-electron chi connectivity index (χ1n) is 6.15. The maximum Gasteiger partial charge on any atom is 0.188 e. The van der Waals surface area contributed by atoms with E-state index >= 15 is 0 Å². The normalized spacial score (nSPS) is 10.6. The summed E-state index contributed by atoms with van der Waals surface area (Å²) < 4.78 is 12.3. The van der Waals surface area contributed by atoms with E-state index in [0.717, 1.165) is 19.4 Å². The number of halogens is 1. The first kappa shape index (κ1) is 13.9. The van der Waals surface area contributed by atoms with Crippen LogP contribution in [-0.2, 0) is 17.7 Å². The molecule has 0 bridgehead atoms. The molecule has 0 spiro atoms. The van der Waals surface area contributed by atoms with Crippen LogP contribution in [0.3, 0.4) is 0 Å². The zero-order chi connectivity index (χ0) is 13.5. The summed E-state index contributed by atoms with van der Waals surface area (Å²) >= 11 is 6.15. The summed E-state index contributed by atoms with van der Waals surface area (Å²) in [5, 5.41) is 0.622. The number of aryl methyl sites for hydroxylation is 2. The fraction of sp³-hybridized carbons (Fsp3) is 0.357. The largest absolute Gasteiger partial charge is 0.466 e. The molecule has 0 atom stereocenters. The van der Waals surface area contributed by atoms with Gasteiger partial charge in [-0.15, -0.1) is 0 Å². The van der Waals surface area contributed by atoms with E-state index in [1.54, 1.807) is 13.3 Å². The smallest absolute Gasteiger partial charge is 0.188 e. The van der Waals surface area contributed by atoms with E-state index in [9.17, 15) is 0 Å². The predicted octanol–water partition coefficient (Wildman–Crippen LogP) is 3.15. The van der Waals surface area contributed by atoms with E-state index in [1.165, 1.54) is 5.56 Å². The van der Waals surface area contributed by atoms with Crippen molar-refractivity contribution >= 4 is 11.6 Å². The Morgan fingerprint density at radius 1 is 1.37 bits per heavy atom. The van der Waals surface area contributed by atoms with Crippen LogP contribution in [0.5, 0.6) is 5.75 Å². The molecule has 4 nitrogen and oxygen atoms in total. The molecule has 1 heterocycles. The quantitative estimate of drug-likeness (QED) is 0.731. The molecule has 102 valence electrons. The minimum Gasteiger partial charge on any atom is -0.466 e. The Labute approximate surface area is 117 Å². The highest BCUT2D eigenvalue weighted by molar-refractivity contribution is 6.32. The molecule has 0 aliphatic rings. The van der Waals surface area contributed by atoms with Gasteiger partial charge in [-0.1, -0.05) is 17.7 Å². The molecule has 0 amide bonds. The van der Waals surface area contributed by atoms with Crippen LogP contribution in [0, 0.1) is 0 Å². The highest BCUT2D eigenvalue weighted by atomic mass is 35.5. The van der Waals surface area contributed by atoms with Crippen molar-refractivity contribution in [2.45, 2.75) is 19.4 Å². The van der Waals surface area contributed by atoms with Crippen molar-refractivity contribution in [3.63, 3.8) is 0 Å². The van der Waals surface area contributed by atoms with Crippen molar-refractivity contribution in [1.29, 1.82) is 0 Å². The van der Waals surface area contributed by atoms with Crippen LogP contribution in [0.15, 0.2) is 36.9 Å². The van der Waals surface area contributed by atoms with Crippen LogP contribution in [0.4, 0.5) is 0 Å². The second kappa shape index (κ2) is 7.16. The lowest BCUT2D eigenvalue weighted by Gasteiger charge is -2.08. The summed E-state index contributed by atoms with van der Waals surface area (Å²) in [5.74, 6) is 0.655. The van der Waals surface area contributed by atoms with Gasteiger partial charge in [-0.25, -0.2) is 4.98 Å². The second-order valence-electron chi connectivity index (χ2n) is 4.22. The van der Waals surface area contributed by atoms with Gasteiger partial charge in [0.1, 0.15) is 5.75 Å². The molecule has 1 aromatic carbocycles. The van der Waals surface area contributed by atoms with Crippen LogP contribution in [0.2, 0.25) is 5.02 Å². The van der Waals surface area contributed by atoms with Gasteiger partial charge in [-0.05, 0) is 30.5 Å². The van der Waals surface area contributed by atoms with Crippen LogP contribution in [0.25, 0.3) is 0 Å². The number of methoxy groups -OCH3 is 1. The van der Waals surface area contributed by atoms with Crippen molar-refractivity contribution in [1.82, 2.24) is 9.55 Å². The van der Waals surface area contributed by atoms with Crippen molar-refractivity contribution in [2.24, 2.45) is 0 Å². The highest BCUT2D eigenvalue weighted by Crippen LogP contribution is 2.26. The summed E-state index contributed by atoms with van der Waals surface area (Å²) in [5.41, 5.74) is 1.20. The van der Waals surface area contributed by atoms with Crippen LogP contribution < -0.4 is 4.74 Å². The standard InChI is InChI=1S/C14H17ClN2O2/c1-18-11-19-14-5-4-12(9-13(14)15)3-2-7-17-8-6-16-10-17/h4-6,8-10H,2-3,7,11H2,1H3. The van der Waals surface area contributed by atoms with Crippen LogP contribution in [-0.4, -0.2) is 23.5 Å². The Morgan fingerprint density at radius 3 is 2.95 bits per heavy atom. The third kappa shape index (κ3) is 4.26. The average Bonchev–Trinajstić information content (AvgIpc) is 2.91. The van der Waals surface area contributed by atoms with E-state index in [1.807, 2.05) is 30.7 Å². The summed E-state index contributed by atoms with van der Waals surface area (Å²) in [4.78, 5) is 4.02. The third-order valence-corrected chi connectivity index (χ3v) is 3.06. The monoisotopic (exact) mass is 280 g/mol. The van der Waals surface area contributed by atoms with Crippen LogP contribution >= 0.6 is 11.6 Å². The lowest BCUT2D eigenvalue weighted by atomic mass is 10.1. The van der Waals surface area contributed by atoms with Gasteiger partial charge in [0.25, 0.3) is 0 Å². The molecule has 0 saturated carbocycles. The minimum absolute atomic E-state index is 0.208. The topological polar surface area (TPSA) is 36.3 Å². The highest BCUT2D eigenvalue weighted by Gasteiger charge is 2.03. The van der Waals surface area contributed by atoms with Gasteiger partial charge in [-0.2, -0.15) is 0 Å². The van der Waals surface area contributed by atoms with Crippen molar-refractivity contribution in [2.75, 3.05) is 13.9 Å². The average molecular weight is 281 g/mol. The van der Waals surface area contributed by atoms with Crippen molar-refractivity contribution in [3.8, 4) is 5.75 Å². The van der Waals surface area contributed by atoms with Gasteiger partial charge in [-0.3, -0.25) is 0 Å². The number of ether oxygens (including phenoxy) is 2. The van der Waals surface area contributed by atoms with E-state index in [2.05, 4.69) is 9.55 Å². The van der Waals surface area contributed by atoms with E-state index in [-0.39, 0.29) is 6.79 Å². The Morgan fingerprint density at radius 2 is 2.26 bits per heavy atom. The molecule has 0 radical (unpaired) electrons. The Hall–Kier alpha value is -1.52. The zero-order valence-corrected chi connectivity index (χ0v) is 11.6. The molecular formula is C14H17ClN2O2. The van der Waals surface area contributed by atoms with Gasteiger partial charge in [0.15, 0.2) is 6.79 Å². The van der Waals surface area contributed by atoms with Gasteiger partial charge in [0.05, 0.1) is 11.3 Å². The molecule has 19 heavy (non-hydrogen) atoms. The summed E-state index contributed by atoms with van der Waals surface area (Å²) in [6.45, 7) is 1.17. The number of aromatic nitrogens is 2. The van der Waals surface area contributed by atoms with Gasteiger partial charge >= 0.3 is 0 Å². The first-order chi connectivity index (χ1) is 9.29. The molecule has 0 N–H and O–H groups in total. The molecule has 0 aliphatic heterocycles. The SMILES string of the molecule is COCOc1ccc(CCCn2ccnc2)cc1Cl. The second-order valence-corrected chi connectivity index (χ2v) is 4.63. The van der Waals surface area contributed by atoms with Gasteiger partial charge < -0.3 is 14.0 Å². The number of imidazole rings is 1. The number of rotatable bonds is 7. The van der Waals surface area contributed by atoms with E-state index in [4.69, 9.17) is 21.1 Å². The molecule has 5 heteroatoms. The van der Waals surface area contributed by atoms with Gasteiger partial charge in [0.2, 0.25) is 0 Å². The number of nitrogens with zero attached hydrogens (tertiary/aromatic N) is 2. The number of hydrogen-bond acceptors (Lipinski definition) is 3. The van der Waals surface area contributed by atoms with E-state index < -0.39 is 0 Å². The molecular weight excluding hydrogens is 264 g/mol. The molecule has 0 aliphatic carbocycles. The molecule has 2 aromatic rings. The third-order valence-electron chi connectivity index (χ3n) is 2.77. The molecule has 0 fully saturated rings. The van der Waals surface area contributed by atoms with E-state index in [0.29, 0.717) is 10.8 Å². The molecule has 1 aromatic heterocycles. The van der Waals surface area contributed by atoms with Crippen molar-refractivity contribution in [3.05, 3.63) is 47.5 Å². The minimum atomic E-state index is 0.208. The summed E-state index contributed by atoms with van der Waals surface area (Å²) in [7, 11) is 1.58.